The summed E-state index contributed by atoms with van der Waals surface area (Å²) in [4.78, 5) is 16.6. The van der Waals surface area contributed by atoms with Gasteiger partial charge in [0.15, 0.2) is 0 Å². The van der Waals surface area contributed by atoms with Gasteiger partial charge in [0.05, 0.1) is 5.39 Å². The van der Waals surface area contributed by atoms with E-state index in [0.717, 1.165) is 49.4 Å². The highest BCUT2D eigenvalue weighted by Gasteiger charge is 2.27. The minimum Gasteiger partial charge on any atom is -0.353 e. The van der Waals surface area contributed by atoms with Crippen molar-refractivity contribution in [2.45, 2.75) is 26.3 Å². The number of anilines is 1. The standard InChI is InChI=1S/C16H23N5S/c1-11-12(2)22-16-14(11)15(18-10-19-16)21-7-5-20(6-8-21)13-3-4-17-9-13/h10,13,17H,3-9H2,1-2H3. The second-order valence-electron chi connectivity index (χ2n) is 6.33. The molecular weight excluding hydrogens is 294 g/mol. The number of piperazine rings is 1. The van der Waals surface area contributed by atoms with Crippen LogP contribution in [0.4, 0.5) is 5.82 Å². The molecule has 22 heavy (non-hydrogen) atoms. The predicted molar refractivity (Wildman–Crippen MR) is 91.9 cm³/mol. The highest BCUT2D eigenvalue weighted by atomic mass is 32.1. The van der Waals surface area contributed by atoms with Gasteiger partial charge < -0.3 is 10.2 Å². The first-order chi connectivity index (χ1) is 10.7. The lowest BCUT2D eigenvalue weighted by Crippen LogP contribution is -2.51. The van der Waals surface area contributed by atoms with Crippen molar-refractivity contribution < 1.29 is 0 Å². The molecule has 2 saturated heterocycles. The summed E-state index contributed by atoms with van der Waals surface area (Å²) in [7, 11) is 0. The number of nitrogens with zero attached hydrogens (tertiary/aromatic N) is 4. The largest absolute Gasteiger partial charge is 0.353 e. The van der Waals surface area contributed by atoms with Crippen molar-refractivity contribution in [3.05, 3.63) is 16.8 Å². The monoisotopic (exact) mass is 317 g/mol. The van der Waals surface area contributed by atoms with Gasteiger partial charge in [-0.15, -0.1) is 11.3 Å². The number of thiophene rings is 1. The third-order valence-corrected chi connectivity index (χ3v) is 6.23. The van der Waals surface area contributed by atoms with Gasteiger partial charge in [0.2, 0.25) is 0 Å². The predicted octanol–water partition coefficient (Wildman–Crippen LogP) is 1.79. The zero-order chi connectivity index (χ0) is 15.1. The molecule has 4 heterocycles. The fourth-order valence-corrected chi connectivity index (χ4v) is 4.64. The van der Waals surface area contributed by atoms with Crippen molar-refractivity contribution in [1.29, 1.82) is 0 Å². The Kier molecular flexibility index (Phi) is 3.76. The molecule has 1 N–H and O–H groups in total. The Morgan fingerprint density at radius 1 is 1.18 bits per heavy atom. The smallest absolute Gasteiger partial charge is 0.141 e. The van der Waals surface area contributed by atoms with Crippen LogP contribution < -0.4 is 10.2 Å². The molecule has 2 aliphatic rings. The van der Waals surface area contributed by atoms with E-state index in [4.69, 9.17) is 0 Å². The molecule has 2 fully saturated rings. The molecule has 0 aliphatic carbocycles. The summed E-state index contributed by atoms with van der Waals surface area (Å²) >= 11 is 1.78. The summed E-state index contributed by atoms with van der Waals surface area (Å²) < 4.78 is 0. The van der Waals surface area contributed by atoms with Crippen LogP contribution in [0.3, 0.4) is 0 Å². The number of nitrogens with one attached hydrogen (secondary N) is 1. The average Bonchev–Trinajstić information content (AvgIpc) is 3.17. The Hall–Kier alpha value is -1.24. The maximum Gasteiger partial charge on any atom is 0.141 e. The molecule has 6 heteroatoms. The Balaban J connectivity index is 1.56. The van der Waals surface area contributed by atoms with Gasteiger partial charge in [-0.05, 0) is 32.4 Å². The number of hydrogen-bond acceptors (Lipinski definition) is 6. The van der Waals surface area contributed by atoms with E-state index in [-0.39, 0.29) is 0 Å². The molecule has 2 aliphatic heterocycles. The third-order valence-electron chi connectivity index (χ3n) is 5.11. The van der Waals surface area contributed by atoms with Crippen LogP contribution in [0.2, 0.25) is 0 Å². The number of hydrogen-bond donors (Lipinski definition) is 1. The lowest BCUT2D eigenvalue weighted by atomic mass is 10.1. The summed E-state index contributed by atoms with van der Waals surface area (Å²) in [5.74, 6) is 1.14. The molecule has 1 atom stereocenters. The number of fused-ring (bicyclic) bond motifs is 1. The topological polar surface area (TPSA) is 44.3 Å². The highest BCUT2D eigenvalue weighted by molar-refractivity contribution is 7.18. The van der Waals surface area contributed by atoms with Crippen LogP contribution in [0, 0.1) is 13.8 Å². The van der Waals surface area contributed by atoms with Crippen LogP contribution in [-0.2, 0) is 0 Å². The second kappa shape index (κ2) is 5.76. The molecule has 4 rings (SSSR count). The lowest BCUT2D eigenvalue weighted by molar-refractivity contribution is 0.196. The normalized spacial score (nSPS) is 23.5. The van der Waals surface area contributed by atoms with E-state index in [1.807, 2.05) is 0 Å². The Bertz CT molecular complexity index is 668. The van der Waals surface area contributed by atoms with Gasteiger partial charge in [-0.3, -0.25) is 4.90 Å². The van der Waals surface area contributed by atoms with E-state index >= 15 is 0 Å². The molecule has 118 valence electrons. The zero-order valence-corrected chi connectivity index (χ0v) is 14.1. The van der Waals surface area contributed by atoms with Gasteiger partial charge in [-0.2, -0.15) is 0 Å². The molecule has 2 aromatic heterocycles. The van der Waals surface area contributed by atoms with E-state index < -0.39 is 0 Å². The molecule has 0 amide bonds. The molecule has 2 aromatic rings. The molecule has 0 spiro atoms. The summed E-state index contributed by atoms with van der Waals surface area (Å²) in [6, 6.07) is 0.734. The first-order valence-corrected chi connectivity index (χ1v) is 8.96. The van der Waals surface area contributed by atoms with Gasteiger partial charge in [0.1, 0.15) is 17.0 Å². The van der Waals surface area contributed by atoms with Gasteiger partial charge in [0, 0.05) is 43.6 Å². The summed E-state index contributed by atoms with van der Waals surface area (Å²) in [6.07, 6.45) is 3.01. The SMILES string of the molecule is Cc1sc2ncnc(N3CCN(C4CCNC4)CC3)c2c1C. The third kappa shape index (κ3) is 2.39. The average molecular weight is 317 g/mol. The first kappa shape index (κ1) is 14.4. The Labute approximate surface area is 135 Å². The van der Waals surface area contributed by atoms with Crippen LogP contribution in [0.5, 0.6) is 0 Å². The van der Waals surface area contributed by atoms with Crippen LogP contribution in [0.25, 0.3) is 10.2 Å². The van der Waals surface area contributed by atoms with Crippen molar-refractivity contribution in [2.24, 2.45) is 0 Å². The maximum absolute atomic E-state index is 4.62. The van der Waals surface area contributed by atoms with Crippen molar-refractivity contribution in [3.8, 4) is 0 Å². The van der Waals surface area contributed by atoms with Crippen LogP contribution in [0.15, 0.2) is 6.33 Å². The summed E-state index contributed by atoms with van der Waals surface area (Å²) in [6.45, 7) is 11.1. The van der Waals surface area contributed by atoms with E-state index in [2.05, 4.69) is 38.9 Å². The van der Waals surface area contributed by atoms with Crippen molar-refractivity contribution >= 4 is 27.4 Å². The number of rotatable bonds is 2. The van der Waals surface area contributed by atoms with Crippen molar-refractivity contribution in [2.75, 3.05) is 44.2 Å². The number of aryl methyl sites for hydroxylation is 2. The number of aromatic nitrogens is 2. The van der Waals surface area contributed by atoms with E-state index in [1.165, 1.54) is 28.8 Å². The highest BCUT2D eigenvalue weighted by Crippen LogP contribution is 2.34. The summed E-state index contributed by atoms with van der Waals surface area (Å²) in [5.41, 5.74) is 1.35. The van der Waals surface area contributed by atoms with Crippen LogP contribution in [-0.4, -0.2) is 60.2 Å². The molecular formula is C16H23N5S. The van der Waals surface area contributed by atoms with Gasteiger partial charge in [0.25, 0.3) is 0 Å². The lowest BCUT2D eigenvalue weighted by Gasteiger charge is -2.38. The fourth-order valence-electron chi connectivity index (χ4n) is 3.65. The zero-order valence-electron chi connectivity index (χ0n) is 13.3. The van der Waals surface area contributed by atoms with Gasteiger partial charge in [-0.1, -0.05) is 0 Å². The van der Waals surface area contributed by atoms with Crippen LogP contribution >= 0.6 is 11.3 Å². The molecule has 5 nitrogen and oxygen atoms in total. The molecule has 0 bridgehead atoms. The van der Waals surface area contributed by atoms with Gasteiger partial charge >= 0.3 is 0 Å². The first-order valence-electron chi connectivity index (χ1n) is 8.14. The van der Waals surface area contributed by atoms with E-state index in [0.29, 0.717) is 0 Å². The van der Waals surface area contributed by atoms with E-state index in [9.17, 15) is 0 Å². The second-order valence-corrected chi connectivity index (χ2v) is 7.53. The molecule has 0 saturated carbocycles. The molecule has 1 unspecified atom stereocenters. The fraction of sp³-hybridized carbons (Fsp3) is 0.625. The van der Waals surface area contributed by atoms with Crippen molar-refractivity contribution in [1.82, 2.24) is 20.2 Å². The minimum atomic E-state index is 0.734. The Morgan fingerprint density at radius 2 is 2.00 bits per heavy atom. The van der Waals surface area contributed by atoms with Crippen LogP contribution in [0.1, 0.15) is 16.9 Å². The van der Waals surface area contributed by atoms with Gasteiger partial charge in [-0.25, -0.2) is 9.97 Å². The van der Waals surface area contributed by atoms with Crippen molar-refractivity contribution in [3.63, 3.8) is 0 Å². The minimum absolute atomic E-state index is 0.734. The molecule has 0 radical (unpaired) electrons. The quantitative estimate of drug-likeness (QED) is 0.915. The maximum atomic E-state index is 4.62. The Morgan fingerprint density at radius 3 is 2.73 bits per heavy atom. The summed E-state index contributed by atoms with van der Waals surface area (Å²) in [5, 5.41) is 4.74. The van der Waals surface area contributed by atoms with E-state index in [1.54, 1.807) is 17.7 Å². The molecule has 0 aromatic carbocycles.